The first-order valence-electron chi connectivity index (χ1n) is 6.54. The van der Waals surface area contributed by atoms with Crippen molar-refractivity contribution in [3.8, 4) is 11.5 Å². The van der Waals surface area contributed by atoms with E-state index >= 15 is 0 Å². The van der Waals surface area contributed by atoms with E-state index in [9.17, 15) is 8.42 Å². The third-order valence-corrected chi connectivity index (χ3v) is 5.33. The molecule has 1 aromatic rings. The number of benzene rings is 1. The molecule has 1 aromatic carbocycles. The van der Waals surface area contributed by atoms with E-state index in [4.69, 9.17) is 14.2 Å². The van der Waals surface area contributed by atoms with Crippen LogP contribution in [0.1, 0.15) is 6.42 Å². The van der Waals surface area contributed by atoms with Crippen LogP contribution < -0.4 is 9.47 Å². The van der Waals surface area contributed by atoms with E-state index in [0.717, 1.165) is 6.42 Å². The summed E-state index contributed by atoms with van der Waals surface area (Å²) >= 11 is 0. The van der Waals surface area contributed by atoms with E-state index in [1.54, 1.807) is 19.2 Å². The maximum atomic E-state index is 12.4. The molecule has 0 atom stereocenters. The van der Waals surface area contributed by atoms with E-state index < -0.39 is 10.0 Å². The molecular weight excluding hydrogens is 282 g/mol. The van der Waals surface area contributed by atoms with Crippen molar-refractivity contribution in [3.05, 3.63) is 18.2 Å². The Hall–Kier alpha value is -1.31. The average Bonchev–Trinajstić information content (AvgIpc) is 2.61. The van der Waals surface area contributed by atoms with E-state index in [2.05, 4.69) is 0 Å². The monoisotopic (exact) mass is 299 g/mol. The molecule has 110 valence electrons. The quantitative estimate of drug-likeness (QED) is 0.828. The lowest BCUT2D eigenvalue weighted by atomic mass is 10.2. The highest BCUT2D eigenvalue weighted by Crippen LogP contribution is 2.33. The van der Waals surface area contributed by atoms with Crippen molar-refractivity contribution in [1.29, 1.82) is 0 Å². The zero-order valence-electron chi connectivity index (χ0n) is 11.2. The van der Waals surface area contributed by atoms with Crippen molar-refractivity contribution < 1.29 is 22.6 Å². The molecule has 2 aliphatic heterocycles. The molecule has 0 aliphatic carbocycles. The van der Waals surface area contributed by atoms with Gasteiger partial charge in [-0.25, -0.2) is 8.42 Å². The van der Waals surface area contributed by atoms with Gasteiger partial charge in [0.15, 0.2) is 11.5 Å². The number of hydrogen-bond donors (Lipinski definition) is 0. The molecule has 0 saturated carbocycles. The second kappa shape index (κ2) is 5.23. The Morgan fingerprint density at radius 3 is 2.60 bits per heavy atom. The summed E-state index contributed by atoms with van der Waals surface area (Å²) in [7, 11) is -1.89. The molecule has 2 aliphatic rings. The van der Waals surface area contributed by atoms with Gasteiger partial charge in [-0.1, -0.05) is 0 Å². The fourth-order valence-corrected chi connectivity index (χ4v) is 3.72. The Morgan fingerprint density at radius 1 is 1.20 bits per heavy atom. The highest BCUT2D eigenvalue weighted by Gasteiger charge is 2.37. The van der Waals surface area contributed by atoms with Gasteiger partial charge in [-0.15, -0.1) is 0 Å². The molecule has 0 N–H and O–H groups in total. The second-order valence-electron chi connectivity index (χ2n) is 4.84. The minimum Gasteiger partial charge on any atom is -0.490 e. The Kier molecular flexibility index (Phi) is 3.57. The average molecular weight is 299 g/mol. The number of sulfonamides is 1. The third kappa shape index (κ3) is 2.36. The van der Waals surface area contributed by atoms with Crippen LogP contribution in [0.15, 0.2) is 23.1 Å². The van der Waals surface area contributed by atoms with Gasteiger partial charge >= 0.3 is 0 Å². The molecule has 1 saturated heterocycles. The molecule has 20 heavy (non-hydrogen) atoms. The van der Waals surface area contributed by atoms with Crippen molar-refractivity contribution in [3.63, 3.8) is 0 Å². The van der Waals surface area contributed by atoms with Crippen LogP contribution in [0.4, 0.5) is 0 Å². The molecule has 1 fully saturated rings. The molecule has 0 amide bonds. The van der Waals surface area contributed by atoms with Gasteiger partial charge in [0, 0.05) is 32.7 Å². The fraction of sp³-hybridized carbons (Fsp3) is 0.538. The number of nitrogens with zero attached hydrogens (tertiary/aromatic N) is 1. The van der Waals surface area contributed by atoms with E-state index in [1.165, 1.54) is 10.4 Å². The van der Waals surface area contributed by atoms with Crippen LogP contribution in [0, 0.1) is 0 Å². The summed E-state index contributed by atoms with van der Waals surface area (Å²) < 4.78 is 42.4. The van der Waals surface area contributed by atoms with Crippen LogP contribution in [0.5, 0.6) is 11.5 Å². The Balaban J connectivity index is 1.85. The summed E-state index contributed by atoms with van der Waals surface area (Å²) in [5, 5.41) is 0. The smallest absolute Gasteiger partial charge is 0.243 e. The summed E-state index contributed by atoms with van der Waals surface area (Å²) in [6.45, 7) is 1.91. The van der Waals surface area contributed by atoms with Gasteiger partial charge in [-0.2, -0.15) is 4.31 Å². The summed E-state index contributed by atoms with van der Waals surface area (Å²) in [6.07, 6.45) is 0.781. The number of hydrogen-bond acceptors (Lipinski definition) is 5. The zero-order chi connectivity index (χ0) is 14.2. The number of fused-ring (bicyclic) bond motifs is 1. The Bertz CT molecular complexity index is 595. The van der Waals surface area contributed by atoms with Gasteiger partial charge in [0.1, 0.15) is 0 Å². The van der Waals surface area contributed by atoms with Crippen LogP contribution in [0.25, 0.3) is 0 Å². The minimum absolute atomic E-state index is 0.00909. The predicted octanol–water partition coefficient (Wildman–Crippen LogP) is 0.867. The van der Waals surface area contributed by atoms with Crippen LogP contribution in [0.2, 0.25) is 0 Å². The first kappa shape index (κ1) is 13.7. The van der Waals surface area contributed by atoms with Crippen molar-refractivity contribution in [1.82, 2.24) is 4.31 Å². The molecule has 2 heterocycles. The van der Waals surface area contributed by atoms with E-state index in [0.29, 0.717) is 37.8 Å². The standard InChI is InChI=1S/C13H17NO5S/c1-17-10-8-14(9-10)20(15,16)11-3-4-12-13(7-11)19-6-2-5-18-12/h3-4,7,10H,2,5-6,8-9H2,1H3. The van der Waals surface area contributed by atoms with Crippen LogP contribution in [-0.4, -0.2) is 52.2 Å². The normalized spacial score (nSPS) is 20.2. The molecule has 7 heteroatoms. The third-order valence-electron chi connectivity index (χ3n) is 3.50. The maximum Gasteiger partial charge on any atom is 0.243 e. The Labute approximate surface area is 118 Å². The molecule has 0 bridgehead atoms. The first-order valence-corrected chi connectivity index (χ1v) is 7.98. The van der Waals surface area contributed by atoms with Crippen LogP contribution in [0.3, 0.4) is 0 Å². The molecule has 0 radical (unpaired) electrons. The molecule has 6 nitrogen and oxygen atoms in total. The fourth-order valence-electron chi connectivity index (χ4n) is 2.20. The number of rotatable bonds is 3. The van der Waals surface area contributed by atoms with Gasteiger partial charge in [0.05, 0.1) is 24.2 Å². The van der Waals surface area contributed by atoms with Crippen molar-refractivity contribution in [2.24, 2.45) is 0 Å². The lowest BCUT2D eigenvalue weighted by Crippen LogP contribution is -2.54. The molecule has 0 aromatic heterocycles. The van der Waals surface area contributed by atoms with E-state index in [-0.39, 0.29) is 11.0 Å². The van der Waals surface area contributed by atoms with Crippen molar-refractivity contribution >= 4 is 10.0 Å². The van der Waals surface area contributed by atoms with Crippen molar-refractivity contribution in [2.45, 2.75) is 17.4 Å². The topological polar surface area (TPSA) is 65.1 Å². The predicted molar refractivity (Wildman–Crippen MR) is 71.6 cm³/mol. The summed E-state index contributed by atoms with van der Waals surface area (Å²) in [6, 6.07) is 4.75. The van der Waals surface area contributed by atoms with Gasteiger partial charge in [-0.3, -0.25) is 0 Å². The highest BCUT2D eigenvalue weighted by atomic mass is 32.2. The molecule has 0 spiro atoms. The zero-order valence-corrected chi connectivity index (χ0v) is 12.1. The lowest BCUT2D eigenvalue weighted by Gasteiger charge is -2.36. The van der Waals surface area contributed by atoms with Gasteiger partial charge in [-0.05, 0) is 12.1 Å². The molecule has 0 unspecified atom stereocenters. The van der Waals surface area contributed by atoms with Crippen molar-refractivity contribution in [2.75, 3.05) is 33.4 Å². The lowest BCUT2D eigenvalue weighted by molar-refractivity contribution is 0.0125. The Morgan fingerprint density at radius 2 is 1.90 bits per heavy atom. The summed E-state index contributed by atoms with van der Waals surface area (Å²) in [5.74, 6) is 1.09. The van der Waals surface area contributed by atoms with Crippen LogP contribution >= 0.6 is 0 Å². The summed E-state index contributed by atoms with van der Waals surface area (Å²) in [4.78, 5) is 0.233. The SMILES string of the molecule is COC1CN(S(=O)(=O)c2ccc3c(c2)OCCCO3)C1. The highest BCUT2D eigenvalue weighted by molar-refractivity contribution is 7.89. The minimum atomic E-state index is -3.47. The summed E-state index contributed by atoms with van der Waals surface area (Å²) in [5.41, 5.74) is 0. The number of ether oxygens (including phenoxy) is 3. The van der Waals surface area contributed by atoms with Gasteiger partial charge in [0.2, 0.25) is 10.0 Å². The maximum absolute atomic E-state index is 12.4. The molecule has 3 rings (SSSR count). The van der Waals surface area contributed by atoms with E-state index in [1.807, 2.05) is 0 Å². The van der Waals surface area contributed by atoms with Gasteiger partial charge in [0.25, 0.3) is 0 Å². The first-order chi connectivity index (χ1) is 9.61. The second-order valence-corrected chi connectivity index (χ2v) is 6.78. The van der Waals surface area contributed by atoms with Crippen LogP contribution in [-0.2, 0) is 14.8 Å². The number of methoxy groups -OCH3 is 1. The van der Waals surface area contributed by atoms with Gasteiger partial charge < -0.3 is 14.2 Å². The largest absolute Gasteiger partial charge is 0.490 e. The molecular formula is C13H17NO5S.